The van der Waals surface area contributed by atoms with Gasteiger partial charge in [0.15, 0.2) is 0 Å². The summed E-state index contributed by atoms with van der Waals surface area (Å²) in [7, 11) is 0. The highest BCUT2D eigenvalue weighted by atomic mass is 35.5. The topological polar surface area (TPSA) is 17.1 Å². The van der Waals surface area contributed by atoms with Crippen molar-refractivity contribution in [1.82, 2.24) is 0 Å². The fraction of sp³-hybridized carbons (Fsp3) is 0.300. The molecule has 0 radical (unpaired) electrons. The molecule has 0 N–H and O–H groups in total. The van der Waals surface area contributed by atoms with Gasteiger partial charge in [-0.25, -0.2) is 0 Å². The first-order chi connectivity index (χ1) is 8.11. The summed E-state index contributed by atoms with van der Waals surface area (Å²) in [6.45, 7) is 0. The maximum Gasteiger partial charge on any atom is 0.417 e. The van der Waals surface area contributed by atoms with E-state index < -0.39 is 34.9 Å². The van der Waals surface area contributed by atoms with Crippen LogP contribution in [0.1, 0.15) is 27.0 Å². The Hall–Kier alpha value is -1.24. The van der Waals surface area contributed by atoms with Crippen molar-refractivity contribution in [2.75, 3.05) is 0 Å². The molecule has 0 amide bonds. The number of halogens is 7. The van der Waals surface area contributed by atoms with Gasteiger partial charge in [0.25, 0.3) is 0 Å². The van der Waals surface area contributed by atoms with Crippen LogP contribution in [0.25, 0.3) is 0 Å². The van der Waals surface area contributed by atoms with Crippen LogP contribution in [-0.2, 0) is 18.2 Å². The van der Waals surface area contributed by atoms with Crippen LogP contribution >= 0.6 is 11.6 Å². The third-order valence-corrected chi connectivity index (χ3v) is 2.45. The van der Waals surface area contributed by atoms with Crippen molar-refractivity contribution in [1.29, 1.82) is 0 Å². The van der Waals surface area contributed by atoms with Crippen LogP contribution in [0.2, 0.25) is 0 Å². The highest BCUT2D eigenvalue weighted by Crippen LogP contribution is 2.41. The van der Waals surface area contributed by atoms with Crippen LogP contribution in [0.4, 0.5) is 26.3 Å². The van der Waals surface area contributed by atoms with Gasteiger partial charge in [-0.1, -0.05) is 0 Å². The molecule has 0 aliphatic heterocycles. The maximum absolute atomic E-state index is 12.5. The molecule has 100 valence electrons. The molecule has 18 heavy (non-hydrogen) atoms. The number of benzene rings is 1. The Morgan fingerprint density at radius 1 is 1.00 bits per heavy atom. The standard InChI is InChI=1S/C10H5ClF6O/c11-3-5-1-7(9(12,13)14)8(10(15,16)17)2-6(5)4-18/h1-2,4H,3H2. The summed E-state index contributed by atoms with van der Waals surface area (Å²) in [4.78, 5) is 10.5. The van der Waals surface area contributed by atoms with Gasteiger partial charge in [0.2, 0.25) is 0 Å². The van der Waals surface area contributed by atoms with Gasteiger partial charge in [0, 0.05) is 11.4 Å². The van der Waals surface area contributed by atoms with E-state index in [9.17, 15) is 31.1 Å². The number of hydrogen-bond donors (Lipinski definition) is 0. The Kier molecular flexibility index (Phi) is 3.95. The molecule has 1 aromatic carbocycles. The molecule has 1 aromatic rings. The third-order valence-electron chi connectivity index (χ3n) is 2.16. The summed E-state index contributed by atoms with van der Waals surface area (Å²) < 4.78 is 74.9. The number of rotatable bonds is 2. The average Bonchev–Trinajstić information content (AvgIpc) is 2.24. The van der Waals surface area contributed by atoms with Gasteiger partial charge in [-0.05, 0) is 17.7 Å². The fourth-order valence-electron chi connectivity index (χ4n) is 1.36. The van der Waals surface area contributed by atoms with Crippen LogP contribution in [0, 0.1) is 0 Å². The molecule has 1 rings (SSSR count). The van der Waals surface area contributed by atoms with Gasteiger partial charge in [0.05, 0.1) is 11.1 Å². The number of carbonyl (C=O) groups is 1. The predicted octanol–water partition coefficient (Wildman–Crippen LogP) is 4.28. The molecule has 0 aliphatic carbocycles. The molecule has 0 saturated heterocycles. The van der Waals surface area contributed by atoms with Crippen molar-refractivity contribution >= 4 is 17.9 Å². The van der Waals surface area contributed by atoms with Crippen molar-refractivity contribution in [3.63, 3.8) is 0 Å². The lowest BCUT2D eigenvalue weighted by Gasteiger charge is -2.17. The van der Waals surface area contributed by atoms with Crippen LogP contribution in [0.15, 0.2) is 12.1 Å². The minimum atomic E-state index is -5.20. The van der Waals surface area contributed by atoms with E-state index in [2.05, 4.69) is 0 Å². The van der Waals surface area contributed by atoms with E-state index in [1.54, 1.807) is 0 Å². The molecule has 0 heterocycles. The van der Waals surface area contributed by atoms with Crippen LogP contribution in [-0.4, -0.2) is 6.29 Å². The molecule has 0 unspecified atom stereocenters. The summed E-state index contributed by atoms with van der Waals surface area (Å²) in [5.74, 6) is -0.491. The minimum Gasteiger partial charge on any atom is -0.298 e. The zero-order valence-corrected chi connectivity index (χ0v) is 9.25. The molecule has 0 atom stereocenters. The zero-order valence-electron chi connectivity index (χ0n) is 8.49. The third kappa shape index (κ3) is 2.95. The van der Waals surface area contributed by atoms with Crippen molar-refractivity contribution in [3.05, 3.63) is 34.4 Å². The van der Waals surface area contributed by atoms with Crippen molar-refractivity contribution in [2.45, 2.75) is 18.2 Å². The lowest BCUT2D eigenvalue weighted by Crippen LogP contribution is -2.18. The smallest absolute Gasteiger partial charge is 0.298 e. The van der Waals surface area contributed by atoms with Gasteiger partial charge in [-0.15, -0.1) is 11.6 Å². The Bertz CT molecular complexity index is 463. The number of carbonyl (C=O) groups excluding carboxylic acids is 1. The summed E-state index contributed by atoms with van der Waals surface area (Å²) in [6.07, 6.45) is -10.3. The number of alkyl halides is 7. The van der Waals surface area contributed by atoms with Crippen molar-refractivity contribution < 1.29 is 31.1 Å². The first-order valence-corrected chi connectivity index (χ1v) is 4.97. The summed E-state index contributed by atoms with van der Waals surface area (Å²) in [5, 5.41) is 0. The van der Waals surface area contributed by atoms with Gasteiger partial charge in [-0.3, -0.25) is 4.79 Å². The molecule has 0 fully saturated rings. The van der Waals surface area contributed by atoms with E-state index in [-0.39, 0.29) is 24.0 Å². The molecule has 8 heteroatoms. The molecular weight excluding hydrogens is 286 g/mol. The minimum absolute atomic E-state index is 0.0348. The summed E-state index contributed by atoms with van der Waals surface area (Å²) in [5.41, 5.74) is -4.56. The van der Waals surface area contributed by atoms with E-state index in [0.717, 1.165) is 0 Å². The molecule has 0 spiro atoms. The van der Waals surface area contributed by atoms with E-state index in [1.165, 1.54) is 0 Å². The first-order valence-electron chi connectivity index (χ1n) is 4.43. The first kappa shape index (κ1) is 14.8. The molecule has 0 aromatic heterocycles. The fourth-order valence-corrected chi connectivity index (χ4v) is 1.59. The average molecular weight is 291 g/mol. The quantitative estimate of drug-likeness (QED) is 0.451. The summed E-state index contributed by atoms with van der Waals surface area (Å²) >= 11 is 5.29. The Labute approximate surface area is 102 Å². The maximum atomic E-state index is 12.5. The Balaban J connectivity index is 3.62. The van der Waals surface area contributed by atoms with Gasteiger partial charge < -0.3 is 0 Å². The Morgan fingerprint density at radius 2 is 1.44 bits per heavy atom. The largest absolute Gasteiger partial charge is 0.417 e. The van der Waals surface area contributed by atoms with E-state index in [0.29, 0.717) is 0 Å². The van der Waals surface area contributed by atoms with E-state index in [4.69, 9.17) is 11.6 Å². The van der Waals surface area contributed by atoms with Gasteiger partial charge in [0.1, 0.15) is 6.29 Å². The summed E-state index contributed by atoms with van der Waals surface area (Å²) in [6, 6.07) is 0.410. The lowest BCUT2D eigenvalue weighted by molar-refractivity contribution is -0.162. The lowest BCUT2D eigenvalue weighted by atomic mass is 9.99. The van der Waals surface area contributed by atoms with Gasteiger partial charge in [-0.2, -0.15) is 26.3 Å². The normalized spacial score (nSPS) is 12.6. The van der Waals surface area contributed by atoms with Crippen LogP contribution < -0.4 is 0 Å². The molecule has 0 saturated carbocycles. The number of aldehydes is 1. The molecule has 1 nitrogen and oxygen atoms in total. The zero-order chi connectivity index (χ0) is 14.1. The van der Waals surface area contributed by atoms with E-state index >= 15 is 0 Å². The monoisotopic (exact) mass is 290 g/mol. The Morgan fingerprint density at radius 3 is 1.78 bits per heavy atom. The highest BCUT2D eigenvalue weighted by Gasteiger charge is 2.43. The van der Waals surface area contributed by atoms with Crippen molar-refractivity contribution in [2.24, 2.45) is 0 Å². The van der Waals surface area contributed by atoms with E-state index in [1.807, 2.05) is 0 Å². The van der Waals surface area contributed by atoms with Crippen molar-refractivity contribution in [3.8, 4) is 0 Å². The molecule has 0 bridgehead atoms. The SMILES string of the molecule is O=Cc1cc(C(F)(F)F)c(C(F)(F)F)cc1CCl. The second-order valence-electron chi connectivity index (χ2n) is 3.34. The second kappa shape index (κ2) is 4.79. The van der Waals surface area contributed by atoms with Crippen LogP contribution in [0.5, 0.6) is 0 Å². The predicted molar refractivity (Wildman–Crippen MR) is 51.4 cm³/mol. The highest BCUT2D eigenvalue weighted by molar-refractivity contribution is 6.17. The van der Waals surface area contributed by atoms with Gasteiger partial charge >= 0.3 is 12.4 Å². The molecule has 0 aliphatic rings. The number of hydrogen-bond acceptors (Lipinski definition) is 1. The molecular formula is C10H5ClF6O. The second-order valence-corrected chi connectivity index (χ2v) is 3.61. The van der Waals surface area contributed by atoms with Crippen LogP contribution in [0.3, 0.4) is 0 Å².